The van der Waals surface area contributed by atoms with Gasteiger partial charge in [0.2, 0.25) is 0 Å². The van der Waals surface area contributed by atoms with Crippen LogP contribution in [-0.2, 0) is 0 Å². The van der Waals surface area contributed by atoms with E-state index in [2.05, 4.69) is 26.6 Å². The largest absolute Gasteiger partial charge is 0.321 e. The van der Waals surface area contributed by atoms with E-state index in [0.29, 0.717) is 11.7 Å². The summed E-state index contributed by atoms with van der Waals surface area (Å²) >= 11 is 1.51. The third-order valence-corrected chi connectivity index (χ3v) is 4.68. The molecule has 110 valence electrons. The fourth-order valence-electron chi connectivity index (χ4n) is 2.46. The molecule has 4 rings (SSSR count). The number of rotatable bonds is 4. The molecule has 0 atom stereocenters. The number of benzene rings is 1. The van der Waals surface area contributed by atoms with Gasteiger partial charge in [-0.3, -0.25) is 9.89 Å². The van der Waals surface area contributed by atoms with Crippen molar-refractivity contribution in [1.82, 2.24) is 15.2 Å². The van der Waals surface area contributed by atoms with E-state index in [4.69, 9.17) is 0 Å². The molecule has 6 heteroatoms. The molecular formula is C16H14N4OS. The molecule has 0 aliphatic heterocycles. The van der Waals surface area contributed by atoms with Crippen LogP contribution in [0, 0.1) is 0 Å². The monoisotopic (exact) mass is 310 g/mol. The Balaban J connectivity index is 1.51. The minimum absolute atomic E-state index is 0.0238. The predicted octanol–water partition coefficient (Wildman–Crippen LogP) is 3.66. The van der Waals surface area contributed by atoms with Gasteiger partial charge in [0.05, 0.1) is 4.88 Å². The molecule has 2 aromatic heterocycles. The molecule has 1 aromatic carbocycles. The Morgan fingerprint density at radius 2 is 2.05 bits per heavy atom. The summed E-state index contributed by atoms with van der Waals surface area (Å²) in [6.45, 7) is 0. The van der Waals surface area contributed by atoms with E-state index in [0.717, 1.165) is 16.1 Å². The van der Waals surface area contributed by atoms with E-state index in [1.807, 2.05) is 29.6 Å². The van der Waals surface area contributed by atoms with Gasteiger partial charge in [-0.1, -0.05) is 0 Å². The Kier molecular flexibility index (Phi) is 3.23. The number of aromatic amines is 1. The molecule has 0 unspecified atom stereocenters. The van der Waals surface area contributed by atoms with Crippen molar-refractivity contribution in [3.05, 3.63) is 52.5 Å². The maximum absolute atomic E-state index is 12.4. The maximum atomic E-state index is 12.4. The third kappa shape index (κ3) is 2.53. The van der Waals surface area contributed by atoms with E-state index in [1.54, 1.807) is 0 Å². The highest BCUT2D eigenvalue weighted by Crippen LogP contribution is 2.43. The zero-order valence-corrected chi connectivity index (χ0v) is 12.6. The van der Waals surface area contributed by atoms with E-state index in [1.165, 1.54) is 36.1 Å². The van der Waals surface area contributed by atoms with Gasteiger partial charge in [-0.2, -0.15) is 5.10 Å². The molecule has 1 aliphatic carbocycles. The molecule has 1 amide bonds. The Morgan fingerprint density at radius 1 is 1.23 bits per heavy atom. The highest BCUT2D eigenvalue weighted by molar-refractivity contribution is 7.12. The first kappa shape index (κ1) is 13.2. The van der Waals surface area contributed by atoms with Crippen LogP contribution in [0.2, 0.25) is 0 Å². The van der Waals surface area contributed by atoms with Crippen LogP contribution in [-0.4, -0.2) is 21.1 Å². The fourth-order valence-corrected chi connectivity index (χ4v) is 3.34. The molecule has 2 heterocycles. The molecule has 22 heavy (non-hydrogen) atoms. The van der Waals surface area contributed by atoms with Crippen molar-refractivity contribution in [2.75, 3.05) is 5.32 Å². The highest BCUT2D eigenvalue weighted by Gasteiger charge is 2.28. The van der Waals surface area contributed by atoms with Gasteiger partial charge < -0.3 is 5.32 Å². The smallest absolute Gasteiger partial charge is 0.266 e. The van der Waals surface area contributed by atoms with Gasteiger partial charge >= 0.3 is 0 Å². The third-order valence-electron chi connectivity index (χ3n) is 3.75. The first-order valence-electron chi connectivity index (χ1n) is 7.16. The number of nitrogens with one attached hydrogen (secondary N) is 2. The quantitative estimate of drug-likeness (QED) is 0.772. The standard InChI is InChI=1S/C16H14N4OS/c21-16(14-13(7-8-22-14)10-1-2-10)19-12-5-3-11(4-6-12)15-17-9-18-20-15/h3-10H,1-2H2,(H,19,21)(H,17,18,20). The molecule has 5 nitrogen and oxygen atoms in total. The van der Waals surface area contributed by atoms with Crippen LogP contribution >= 0.6 is 11.3 Å². The molecule has 2 N–H and O–H groups in total. The minimum atomic E-state index is -0.0238. The Hall–Kier alpha value is -2.47. The first-order valence-corrected chi connectivity index (χ1v) is 8.04. The van der Waals surface area contributed by atoms with E-state index in [9.17, 15) is 4.79 Å². The lowest BCUT2D eigenvalue weighted by Crippen LogP contribution is -2.11. The van der Waals surface area contributed by atoms with Crippen molar-refractivity contribution in [3.63, 3.8) is 0 Å². The zero-order valence-electron chi connectivity index (χ0n) is 11.7. The molecule has 0 spiro atoms. The molecule has 1 aliphatic rings. The fraction of sp³-hybridized carbons (Fsp3) is 0.188. The van der Waals surface area contributed by atoms with Crippen molar-refractivity contribution in [2.24, 2.45) is 0 Å². The number of carbonyl (C=O) groups is 1. The number of anilines is 1. The number of carbonyl (C=O) groups excluding carboxylic acids is 1. The van der Waals surface area contributed by atoms with E-state index >= 15 is 0 Å². The van der Waals surface area contributed by atoms with Crippen LogP contribution < -0.4 is 5.32 Å². The van der Waals surface area contributed by atoms with Gasteiger partial charge in [-0.25, -0.2) is 4.98 Å². The van der Waals surface area contributed by atoms with E-state index < -0.39 is 0 Å². The van der Waals surface area contributed by atoms with Gasteiger partial charge in [-0.15, -0.1) is 11.3 Å². The topological polar surface area (TPSA) is 70.7 Å². The normalized spacial score (nSPS) is 14.0. The number of nitrogens with zero attached hydrogens (tertiary/aromatic N) is 2. The second kappa shape index (κ2) is 5.38. The Morgan fingerprint density at radius 3 is 2.73 bits per heavy atom. The summed E-state index contributed by atoms with van der Waals surface area (Å²) < 4.78 is 0. The van der Waals surface area contributed by atoms with Crippen molar-refractivity contribution in [3.8, 4) is 11.4 Å². The van der Waals surface area contributed by atoms with Crippen LogP contribution in [0.4, 0.5) is 5.69 Å². The number of thiophene rings is 1. The second-order valence-electron chi connectivity index (χ2n) is 5.34. The van der Waals surface area contributed by atoms with Gasteiger partial charge in [0, 0.05) is 11.3 Å². The first-order chi connectivity index (χ1) is 10.8. The summed E-state index contributed by atoms with van der Waals surface area (Å²) in [4.78, 5) is 17.4. The van der Waals surface area contributed by atoms with Crippen molar-refractivity contribution in [2.45, 2.75) is 18.8 Å². The van der Waals surface area contributed by atoms with Crippen LogP contribution in [0.5, 0.6) is 0 Å². The van der Waals surface area contributed by atoms with Gasteiger partial charge in [0.1, 0.15) is 6.33 Å². The summed E-state index contributed by atoms with van der Waals surface area (Å²) in [5, 5.41) is 11.6. The zero-order chi connectivity index (χ0) is 14.9. The summed E-state index contributed by atoms with van der Waals surface area (Å²) in [6.07, 6.45) is 3.87. The second-order valence-corrected chi connectivity index (χ2v) is 6.26. The molecule has 0 radical (unpaired) electrons. The summed E-state index contributed by atoms with van der Waals surface area (Å²) in [6, 6.07) is 9.64. The number of hydrogen-bond acceptors (Lipinski definition) is 4. The number of hydrogen-bond donors (Lipinski definition) is 2. The minimum Gasteiger partial charge on any atom is -0.321 e. The molecule has 1 fully saturated rings. The van der Waals surface area contributed by atoms with Crippen LogP contribution in [0.15, 0.2) is 42.0 Å². The van der Waals surface area contributed by atoms with Crippen LogP contribution in [0.25, 0.3) is 11.4 Å². The molecule has 0 bridgehead atoms. The van der Waals surface area contributed by atoms with Crippen molar-refractivity contribution >= 4 is 22.9 Å². The lowest BCUT2D eigenvalue weighted by atomic mass is 10.1. The Bertz CT molecular complexity index is 788. The molecule has 3 aromatic rings. The molecule has 0 saturated heterocycles. The van der Waals surface area contributed by atoms with Crippen molar-refractivity contribution < 1.29 is 4.79 Å². The predicted molar refractivity (Wildman–Crippen MR) is 86.1 cm³/mol. The lowest BCUT2D eigenvalue weighted by Gasteiger charge is -2.06. The number of amides is 1. The maximum Gasteiger partial charge on any atom is 0.266 e. The molecule has 1 saturated carbocycles. The van der Waals surface area contributed by atoms with Gasteiger partial charge in [0.25, 0.3) is 5.91 Å². The van der Waals surface area contributed by atoms with Gasteiger partial charge in [-0.05, 0) is 60.0 Å². The average molecular weight is 310 g/mol. The van der Waals surface area contributed by atoms with Crippen molar-refractivity contribution in [1.29, 1.82) is 0 Å². The van der Waals surface area contributed by atoms with Crippen LogP contribution in [0.3, 0.4) is 0 Å². The summed E-state index contributed by atoms with van der Waals surface area (Å²) in [5.41, 5.74) is 2.91. The average Bonchev–Trinajstić information content (AvgIpc) is 3.05. The summed E-state index contributed by atoms with van der Waals surface area (Å²) in [7, 11) is 0. The summed E-state index contributed by atoms with van der Waals surface area (Å²) in [5.74, 6) is 1.28. The Labute approximate surface area is 131 Å². The SMILES string of the molecule is O=C(Nc1ccc(-c2ncn[nH]2)cc1)c1sccc1C1CC1. The van der Waals surface area contributed by atoms with Crippen LogP contribution in [0.1, 0.15) is 34.0 Å². The lowest BCUT2D eigenvalue weighted by molar-refractivity contribution is 0.102. The van der Waals surface area contributed by atoms with Gasteiger partial charge in [0.15, 0.2) is 5.82 Å². The highest BCUT2D eigenvalue weighted by atomic mass is 32.1. The van der Waals surface area contributed by atoms with E-state index in [-0.39, 0.29) is 5.91 Å². The number of aromatic nitrogens is 3. The number of H-pyrrole nitrogens is 1. The molecular weight excluding hydrogens is 296 g/mol.